The Balaban J connectivity index is 2.99. The van der Waals surface area contributed by atoms with E-state index in [9.17, 15) is 9.59 Å². The van der Waals surface area contributed by atoms with Crippen LogP contribution in [-0.4, -0.2) is 44.1 Å². The number of benzene rings is 1. The quantitative estimate of drug-likeness (QED) is 0.519. The lowest BCUT2D eigenvalue weighted by molar-refractivity contribution is -0.140. The number of esters is 1. The van der Waals surface area contributed by atoms with Crippen LogP contribution in [0.4, 0.5) is 0 Å². The van der Waals surface area contributed by atoms with Gasteiger partial charge in [0.05, 0.1) is 31.2 Å². The Morgan fingerprint density at radius 1 is 1.33 bits per heavy atom. The van der Waals surface area contributed by atoms with E-state index in [-0.39, 0.29) is 24.8 Å². The third kappa shape index (κ3) is 4.74. The van der Waals surface area contributed by atoms with Crippen LogP contribution in [-0.2, 0) is 9.53 Å². The first-order valence-electron chi connectivity index (χ1n) is 6.33. The molecule has 0 bridgehead atoms. The molecular weight excluding hydrogens is 409 g/mol. The van der Waals surface area contributed by atoms with E-state index in [1.165, 1.54) is 14.2 Å². The summed E-state index contributed by atoms with van der Waals surface area (Å²) in [6.07, 6.45) is 0.149. The first-order chi connectivity index (χ1) is 9.94. The lowest BCUT2D eigenvalue weighted by atomic mass is 10.1. The highest BCUT2D eigenvalue weighted by molar-refractivity contribution is 14.1. The summed E-state index contributed by atoms with van der Waals surface area (Å²) in [6, 6.07) is 3.30. The maximum absolute atomic E-state index is 12.6. The topological polar surface area (TPSA) is 55.8 Å². The number of carbonyl (C=O) groups is 2. The number of amides is 1. The zero-order chi connectivity index (χ0) is 16.0. The molecule has 1 amide bonds. The predicted molar refractivity (Wildman–Crippen MR) is 88.9 cm³/mol. The molecule has 0 aliphatic rings. The van der Waals surface area contributed by atoms with E-state index < -0.39 is 0 Å². The number of carbonyl (C=O) groups excluding carboxylic acids is 2. The number of rotatable bonds is 6. The molecule has 0 N–H and O–H groups in total. The predicted octanol–water partition coefficient (Wildman–Crippen LogP) is 2.98. The summed E-state index contributed by atoms with van der Waals surface area (Å²) in [5.74, 6) is -0.115. The minimum Gasteiger partial charge on any atom is -0.496 e. The van der Waals surface area contributed by atoms with Gasteiger partial charge in [-0.15, -0.1) is 0 Å². The molecule has 0 spiro atoms. The monoisotopic (exact) mass is 425 g/mol. The van der Waals surface area contributed by atoms with Crippen LogP contribution in [0.3, 0.4) is 0 Å². The van der Waals surface area contributed by atoms with Crippen LogP contribution in [0, 0.1) is 3.57 Å². The van der Waals surface area contributed by atoms with Crippen molar-refractivity contribution in [1.29, 1.82) is 0 Å². The summed E-state index contributed by atoms with van der Waals surface area (Å²) >= 11 is 8.15. The zero-order valence-electron chi connectivity index (χ0n) is 12.1. The Bertz CT molecular complexity index is 536. The Morgan fingerprint density at radius 2 is 2.00 bits per heavy atom. The fourth-order valence-electron chi connectivity index (χ4n) is 1.77. The third-order valence-electron chi connectivity index (χ3n) is 2.96. The van der Waals surface area contributed by atoms with Gasteiger partial charge in [0.15, 0.2) is 0 Å². The molecular formula is C14H17ClINO4. The van der Waals surface area contributed by atoms with Gasteiger partial charge in [-0.05, 0) is 41.6 Å². The maximum Gasteiger partial charge on any atom is 0.307 e. The molecule has 0 aliphatic heterocycles. The molecule has 7 heteroatoms. The van der Waals surface area contributed by atoms with Crippen molar-refractivity contribution in [3.05, 3.63) is 26.3 Å². The minimum atomic E-state index is -0.353. The number of nitrogens with zero attached hydrogens (tertiary/aromatic N) is 1. The Kier molecular flexibility index (Phi) is 7.24. The van der Waals surface area contributed by atoms with Crippen molar-refractivity contribution in [1.82, 2.24) is 4.90 Å². The largest absolute Gasteiger partial charge is 0.496 e. The van der Waals surface area contributed by atoms with Gasteiger partial charge in [-0.25, -0.2) is 0 Å². The molecule has 0 aromatic heterocycles. The Labute approximate surface area is 142 Å². The highest BCUT2D eigenvalue weighted by atomic mass is 127. The number of hydrogen-bond donors (Lipinski definition) is 0. The maximum atomic E-state index is 12.6. The minimum absolute atomic E-state index is 0.149. The van der Waals surface area contributed by atoms with E-state index in [4.69, 9.17) is 16.3 Å². The van der Waals surface area contributed by atoms with Crippen LogP contribution in [0.5, 0.6) is 5.75 Å². The third-order valence-corrected chi connectivity index (χ3v) is 4.48. The molecule has 0 atom stereocenters. The van der Waals surface area contributed by atoms with Crippen molar-refractivity contribution < 1.29 is 19.1 Å². The van der Waals surface area contributed by atoms with Crippen molar-refractivity contribution in [2.45, 2.75) is 13.3 Å². The first-order valence-corrected chi connectivity index (χ1v) is 7.79. The second kappa shape index (κ2) is 8.43. The Hall–Kier alpha value is -1.02. The summed E-state index contributed by atoms with van der Waals surface area (Å²) in [4.78, 5) is 25.3. The molecule has 0 radical (unpaired) electrons. The molecule has 0 saturated heterocycles. The molecule has 1 rings (SSSR count). The summed E-state index contributed by atoms with van der Waals surface area (Å²) < 4.78 is 10.6. The van der Waals surface area contributed by atoms with Crippen LogP contribution in [0.1, 0.15) is 23.7 Å². The van der Waals surface area contributed by atoms with E-state index >= 15 is 0 Å². The normalized spacial score (nSPS) is 10.1. The molecule has 5 nitrogen and oxygen atoms in total. The average Bonchev–Trinajstić information content (AvgIpc) is 2.49. The molecule has 0 aliphatic carbocycles. The van der Waals surface area contributed by atoms with Crippen molar-refractivity contribution in [3.63, 3.8) is 0 Å². The second-order valence-corrected chi connectivity index (χ2v) is 5.75. The van der Waals surface area contributed by atoms with Gasteiger partial charge < -0.3 is 14.4 Å². The van der Waals surface area contributed by atoms with Crippen molar-refractivity contribution >= 4 is 46.1 Å². The molecule has 0 unspecified atom stereocenters. The van der Waals surface area contributed by atoms with E-state index in [2.05, 4.69) is 27.3 Å². The van der Waals surface area contributed by atoms with Crippen molar-refractivity contribution in [2.75, 3.05) is 27.3 Å². The SMILES string of the molecule is CCN(CCC(=O)OC)C(=O)c1cc(Cl)c(I)cc1OC. The van der Waals surface area contributed by atoms with E-state index in [1.807, 2.05) is 6.92 Å². The number of methoxy groups -OCH3 is 2. The smallest absolute Gasteiger partial charge is 0.307 e. The van der Waals surface area contributed by atoms with E-state index in [1.54, 1.807) is 17.0 Å². The van der Waals surface area contributed by atoms with Crippen molar-refractivity contribution in [3.8, 4) is 5.75 Å². The summed E-state index contributed by atoms with van der Waals surface area (Å²) in [5, 5.41) is 0.490. The van der Waals surface area contributed by atoms with Gasteiger partial charge in [0.1, 0.15) is 5.75 Å². The van der Waals surface area contributed by atoms with Crippen LogP contribution in [0.15, 0.2) is 12.1 Å². The number of hydrogen-bond acceptors (Lipinski definition) is 4. The van der Waals surface area contributed by atoms with Crippen LogP contribution >= 0.6 is 34.2 Å². The summed E-state index contributed by atoms with van der Waals surface area (Å²) in [5.41, 5.74) is 0.384. The molecule has 21 heavy (non-hydrogen) atoms. The van der Waals surface area contributed by atoms with Gasteiger partial charge >= 0.3 is 5.97 Å². The number of ether oxygens (including phenoxy) is 2. The van der Waals surface area contributed by atoms with Crippen LogP contribution < -0.4 is 4.74 Å². The van der Waals surface area contributed by atoms with Gasteiger partial charge in [0.2, 0.25) is 0 Å². The Morgan fingerprint density at radius 3 is 2.52 bits per heavy atom. The summed E-state index contributed by atoms with van der Waals surface area (Å²) in [7, 11) is 2.82. The van der Waals surface area contributed by atoms with E-state index in [0.29, 0.717) is 22.9 Å². The van der Waals surface area contributed by atoms with Crippen LogP contribution in [0.25, 0.3) is 0 Å². The lowest BCUT2D eigenvalue weighted by Gasteiger charge is -2.21. The molecule has 0 saturated carbocycles. The van der Waals surface area contributed by atoms with Gasteiger partial charge in [-0.2, -0.15) is 0 Å². The molecule has 0 fully saturated rings. The fraction of sp³-hybridized carbons (Fsp3) is 0.429. The molecule has 0 heterocycles. The fourth-order valence-corrected chi connectivity index (χ4v) is 2.37. The lowest BCUT2D eigenvalue weighted by Crippen LogP contribution is -2.33. The van der Waals surface area contributed by atoms with Gasteiger partial charge in [0, 0.05) is 16.7 Å². The number of halogens is 2. The summed E-state index contributed by atoms with van der Waals surface area (Å²) in [6.45, 7) is 2.60. The van der Waals surface area contributed by atoms with Crippen molar-refractivity contribution in [2.24, 2.45) is 0 Å². The van der Waals surface area contributed by atoms with Gasteiger partial charge in [-0.1, -0.05) is 11.6 Å². The van der Waals surface area contributed by atoms with Crippen LogP contribution in [0.2, 0.25) is 5.02 Å². The highest BCUT2D eigenvalue weighted by Crippen LogP contribution is 2.29. The highest BCUT2D eigenvalue weighted by Gasteiger charge is 2.21. The second-order valence-electron chi connectivity index (χ2n) is 4.18. The zero-order valence-corrected chi connectivity index (χ0v) is 15.0. The molecule has 1 aromatic carbocycles. The molecule has 116 valence electrons. The van der Waals surface area contributed by atoms with Gasteiger partial charge in [0.25, 0.3) is 5.91 Å². The standard InChI is InChI=1S/C14H17ClINO4/c1-4-17(6-5-13(18)21-3)14(19)9-7-10(15)11(16)8-12(9)20-2/h7-8H,4-6H2,1-3H3. The first kappa shape index (κ1) is 18.0. The molecule has 1 aromatic rings. The average molecular weight is 426 g/mol. The van der Waals surface area contributed by atoms with Gasteiger partial charge in [-0.3, -0.25) is 9.59 Å². The van der Waals surface area contributed by atoms with E-state index in [0.717, 1.165) is 3.57 Å².